The van der Waals surface area contributed by atoms with Gasteiger partial charge in [-0.05, 0) is 55.6 Å². The van der Waals surface area contributed by atoms with Gasteiger partial charge in [0.05, 0.1) is 0 Å². The largest absolute Gasteiger partial charge is 0.330 e. The Morgan fingerprint density at radius 2 is 2.22 bits per heavy atom. The molecule has 1 heterocycles. The van der Waals surface area contributed by atoms with Crippen LogP contribution in [0.1, 0.15) is 44.4 Å². The minimum atomic E-state index is 0.304. The second-order valence-corrected chi connectivity index (χ2v) is 7.29. The van der Waals surface area contributed by atoms with Gasteiger partial charge in [-0.25, -0.2) is 0 Å². The first kappa shape index (κ1) is 14.0. The van der Waals surface area contributed by atoms with Gasteiger partial charge in [0.15, 0.2) is 0 Å². The summed E-state index contributed by atoms with van der Waals surface area (Å²) in [5.74, 6) is 0. The van der Waals surface area contributed by atoms with E-state index in [4.69, 9.17) is 5.73 Å². The van der Waals surface area contributed by atoms with Crippen LogP contribution in [0.3, 0.4) is 0 Å². The average molecular weight is 266 g/mol. The summed E-state index contributed by atoms with van der Waals surface area (Å²) in [6.45, 7) is 7.71. The zero-order chi connectivity index (χ0) is 13.0. The first-order valence-corrected chi connectivity index (χ1v) is 7.95. The number of hydrogen-bond acceptors (Lipinski definition) is 3. The van der Waals surface area contributed by atoms with Crippen LogP contribution in [0.5, 0.6) is 0 Å². The molecule has 0 aliphatic heterocycles. The van der Waals surface area contributed by atoms with Crippen molar-refractivity contribution in [1.29, 1.82) is 0 Å². The summed E-state index contributed by atoms with van der Waals surface area (Å²) in [5, 5.41) is 2.18. The van der Waals surface area contributed by atoms with Crippen molar-refractivity contribution in [3.05, 3.63) is 22.4 Å². The van der Waals surface area contributed by atoms with Gasteiger partial charge in [0.25, 0.3) is 0 Å². The van der Waals surface area contributed by atoms with Crippen LogP contribution in [0.15, 0.2) is 17.5 Å². The predicted molar refractivity (Wildman–Crippen MR) is 79.8 cm³/mol. The number of rotatable bonds is 8. The SMILES string of the molecule is CC(C)(CN)CCCN(Cc1cccs1)C1CC1. The maximum absolute atomic E-state index is 5.79. The highest BCUT2D eigenvalue weighted by molar-refractivity contribution is 7.09. The molecule has 1 fully saturated rings. The molecule has 0 amide bonds. The van der Waals surface area contributed by atoms with Gasteiger partial charge >= 0.3 is 0 Å². The molecule has 2 nitrogen and oxygen atoms in total. The van der Waals surface area contributed by atoms with Gasteiger partial charge < -0.3 is 5.73 Å². The van der Waals surface area contributed by atoms with Crippen LogP contribution < -0.4 is 5.73 Å². The first-order chi connectivity index (χ1) is 8.61. The monoisotopic (exact) mass is 266 g/mol. The summed E-state index contributed by atoms with van der Waals surface area (Å²) in [5.41, 5.74) is 6.10. The van der Waals surface area contributed by atoms with E-state index in [1.165, 1.54) is 37.1 Å². The summed E-state index contributed by atoms with van der Waals surface area (Å²) in [7, 11) is 0. The van der Waals surface area contributed by atoms with E-state index in [0.29, 0.717) is 5.41 Å². The highest BCUT2D eigenvalue weighted by atomic mass is 32.1. The molecule has 0 aromatic carbocycles. The first-order valence-electron chi connectivity index (χ1n) is 7.07. The molecular formula is C15H26N2S. The van der Waals surface area contributed by atoms with Gasteiger partial charge in [-0.2, -0.15) is 0 Å². The zero-order valence-electron chi connectivity index (χ0n) is 11.7. The molecule has 18 heavy (non-hydrogen) atoms. The molecule has 1 aromatic heterocycles. The summed E-state index contributed by atoms with van der Waals surface area (Å²) in [4.78, 5) is 4.17. The lowest BCUT2D eigenvalue weighted by molar-refractivity contribution is 0.229. The van der Waals surface area contributed by atoms with Gasteiger partial charge in [0, 0.05) is 17.5 Å². The lowest BCUT2D eigenvalue weighted by Gasteiger charge is -2.26. The van der Waals surface area contributed by atoms with Crippen molar-refractivity contribution in [3.8, 4) is 0 Å². The van der Waals surface area contributed by atoms with Gasteiger partial charge in [-0.3, -0.25) is 4.90 Å². The molecule has 0 bridgehead atoms. The van der Waals surface area contributed by atoms with E-state index in [9.17, 15) is 0 Å². The molecule has 2 N–H and O–H groups in total. The molecule has 2 rings (SSSR count). The van der Waals surface area contributed by atoms with Crippen molar-refractivity contribution in [3.63, 3.8) is 0 Å². The lowest BCUT2D eigenvalue weighted by Crippen LogP contribution is -2.29. The molecule has 0 unspecified atom stereocenters. The third-order valence-electron chi connectivity index (χ3n) is 3.85. The van der Waals surface area contributed by atoms with E-state index in [2.05, 4.69) is 36.3 Å². The van der Waals surface area contributed by atoms with Crippen LogP contribution in [0.4, 0.5) is 0 Å². The van der Waals surface area contributed by atoms with E-state index in [-0.39, 0.29) is 0 Å². The second-order valence-electron chi connectivity index (χ2n) is 6.25. The molecule has 1 aliphatic carbocycles. The Labute approximate surface area is 115 Å². The fourth-order valence-corrected chi connectivity index (χ4v) is 3.03. The Kier molecular flexibility index (Phi) is 4.82. The van der Waals surface area contributed by atoms with Crippen molar-refractivity contribution < 1.29 is 0 Å². The maximum atomic E-state index is 5.79. The van der Waals surface area contributed by atoms with E-state index < -0.39 is 0 Å². The predicted octanol–water partition coefficient (Wildman–Crippen LogP) is 3.48. The van der Waals surface area contributed by atoms with Crippen LogP contribution in [-0.4, -0.2) is 24.0 Å². The Morgan fingerprint density at radius 3 is 2.78 bits per heavy atom. The van der Waals surface area contributed by atoms with Crippen molar-refractivity contribution in [2.24, 2.45) is 11.1 Å². The van der Waals surface area contributed by atoms with Crippen molar-refractivity contribution in [1.82, 2.24) is 4.90 Å². The van der Waals surface area contributed by atoms with Gasteiger partial charge in [0.2, 0.25) is 0 Å². The molecule has 0 atom stereocenters. The summed E-state index contributed by atoms with van der Waals surface area (Å²) < 4.78 is 0. The molecule has 1 saturated carbocycles. The molecule has 1 aliphatic rings. The van der Waals surface area contributed by atoms with Crippen LogP contribution >= 0.6 is 11.3 Å². The number of nitrogens with two attached hydrogens (primary N) is 1. The minimum absolute atomic E-state index is 0.304. The smallest absolute Gasteiger partial charge is 0.0330 e. The fraction of sp³-hybridized carbons (Fsp3) is 0.733. The maximum Gasteiger partial charge on any atom is 0.0330 e. The summed E-state index contributed by atoms with van der Waals surface area (Å²) in [6, 6.07) is 5.26. The Bertz CT molecular complexity index is 341. The minimum Gasteiger partial charge on any atom is -0.330 e. The van der Waals surface area contributed by atoms with Crippen LogP contribution in [-0.2, 0) is 6.54 Å². The van der Waals surface area contributed by atoms with Crippen molar-refractivity contribution in [2.45, 2.75) is 52.1 Å². The normalized spacial score (nSPS) is 16.4. The van der Waals surface area contributed by atoms with E-state index in [1.807, 2.05) is 11.3 Å². The molecule has 0 saturated heterocycles. The highest BCUT2D eigenvalue weighted by Crippen LogP contribution is 2.30. The standard InChI is InChI=1S/C15H26N2S/c1-15(2,12-16)8-4-9-17(13-6-7-13)11-14-5-3-10-18-14/h3,5,10,13H,4,6-9,11-12,16H2,1-2H3. The average Bonchev–Trinajstić information content (AvgIpc) is 3.07. The van der Waals surface area contributed by atoms with Crippen LogP contribution in [0.25, 0.3) is 0 Å². The Morgan fingerprint density at radius 1 is 1.44 bits per heavy atom. The highest BCUT2D eigenvalue weighted by Gasteiger charge is 2.29. The molecule has 0 radical (unpaired) electrons. The third kappa shape index (κ3) is 4.38. The zero-order valence-corrected chi connectivity index (χ0v) is 12.5. The van der Waals surface area contributed by atoms with E-state index in [0.717, 1.165) is 19.1 Å². The van der Waals surface area contributed by atoms with Gasteiger partial charge in [0.1, 0.15) is 0 Å². The Balaban J connectivity index is 1.77. The quantitative estimate of drug-likeness (QED) is 0.780. The molecule has 0 spiro atoms. The van der Waals surface area contributed by atoms with Gasteiger partial charge in [-0.1, -0.05) is 19.9 Å². The molecule has 3 heteroatoms. The van der Waals surface area contributed by atoms with E-state index in [1.54, 1.807) is 0 Å². The number of hydrogen-bond donors (Lipinski definition) is 1. The topological polar surface area (TPSA) is 29.3 Å². The summed E-state index contributed by atoms with van der Waals surface area (Å²) >= 11 is 1.88. The second kappa shape index (κ2) is 6.18. The number of thiophene rings is 1. The van der Waals surface area contributed by atoms with Crippen LogP contribution in [0, 0.1) is 5.41 Å². The number of nitrogens with zero attached hydrogens (tertiary/aromatic N) is 1. The summed E-state index contributed by atoms with van der Waals surface area (Å²) in [6.07, 6.45) is 5.29. The van der Waals surface area contributed by atoms with Crippen LogP contribution in [0.2, 0.25) is 0 Å². The lowest BCUT2D eigenvalue weighted by atomic mass is 9.88. The Hall–Kier alpha value is -0.380. The van der Waals surface area contributed by atoms with Crippen molar-refractivity contribution >= 4 is 11.3 Å². The molecule has 102 valence electrons. The van der Waals surface area contributed by atoms with E-state index >= 15 is 0 Å². The molecule has 1 aromatic rings. The van der Waals surface area contributed by atoms with Gasteiger partial charge in [-0.15, -0.1) is 11.3 Å². The third-order valence-corrected chi connectivity index (χ3v) is 4.71. The van der Waals surface area contributed by atoms with Crippen molar-refractivity contribution in [2.75, 3.05) is 13.1 Å². The fourth-order valence-electron chi connectivity index (χ4n) is 2.30. The molecular weight excluding hydrogens is 240 g/mol.